The third-order valence-electron chi connectivity index (χ3n) is 2.76. The van der Waals surface area contributed by atoms with E-state index in [0.29, 0.717) is 30.1 Å². The highest BCUT2D eigenvalue weighted by Crippen LogP contribution is 2.13. The number of hydrogen-bond donors (Lipinski definition) is 2. The van der Waals surface area contributed by atoms with Crippen LogP contribution < -0.4 is 5.73 Å². The van der Waals surface area contributed by atoms with Gasteiger partial charge in [0.05, 0.1) is 6.54 Å². The minimum atomic E-state index is -0.429. The van der Waals surface area contributed by atoms with Crippen LogP contribution in [0.15, 0.2) is 18.2 Å². The molecule has 0 spiro atoms. The van der Waals surface area contributed by atoms with Crippen LogP contribution in [0.3, 0.4) is 0 Å². The van der Waals surface area contributed by atoms with E-state index in [-0.39, 0.29) is 19.0 Å². The number of carbonyl (C=O) groups excluding carboxylic acids is 1. The molecule has 0 aliphatic carbocycles. The molecule has 1 amide bonds. The van der Waals surface area contributed by atoms with E-state index in [1.165, 1.54) is 6.07 Å². The molecule has 1 aromatic carbocycles. The van der Waals surface area contributed by atoms with Crippen LogP contribution in [0.4, 0.5) is 4.39 Å². The van der Waals surface area contributed by atoms with Crippen LogP contribution in [0.2, 0.25) is 0 Å². The molecule has 0 radical (unpaired) electrons. The van der Waals surface area contributed by atoms with Crippen molar-refractivity contribution >= 4 is 5.91 Å². The summed E-state index contributed by atoms with van der Waals surface area (Å²) in [5.41, 5.74) is 6.23. The van der Waals surface area contributed by atoms with E-state index in [1.54, 1.807) is 12.1 Å². The van der Waals surface area contributed by atoms with E-state index in [1.807, 2.05) is 18.7 Å². The lowest BCUT2D eigenvalue weighted by atomic mass is 10.1. The summed E-state index contributed by atoms with van der Waals surface area (Å²) in [6, 6.07) is 4.67. The molecule has 3 N–H and O–H groups in total. The van der Waals surface area contributed by atoms with Gasteiger partial charge in [0.1, 0.15) is 12.4 Å². The first-order chi connectivity index (χ1) is 9.92. The van der Waals surface area contributed by atoms with Crippen molar-refractivity contribution in [2.75, 3.05) is 19.7 Å². The summed E-state index contributed by atoms with van der Waals surface area (Å²) in [7, 11) is 0. The summed E-state index contributed by atoms with van der Waals surface area (Å²) in [6.07, 6.45) is 0. The number of benzene rings is 1. The maximum Gasteiger partial charge on any atom is 0.231 e. The molecule has 0 unspecified atom stereocenters. The number of rotatable bonds is 6. The van der Waals surface area contributed by atoms with Gasteiger partial charge in [-0.15, -0.1) is 0 Å². The molecular formula is C16H21FN2O2. The van der Waals surface area contributed by atoms with E-state index in [2.05, 4.69) is 11.8 Å². The molecule has 5 heteroatoms. The van der Waals surface area contributed by atoms with Gasteiger partial charge in [0.25, 0.3) is 0 Å². The zero-order chi connectivity index (χ0) is 15.8. The Labute approximate surface area is 124 Å². The van der Waals surface area contributed by atoms with Gasteiger partial charge in [-0.1, -0.05) is 31.8 Å². The van der Waals surface area contributed by atoms with E-state index >= 15 is 0 Å². The fourth-order valence-electron chi connectivity index (χ4n) is 2.06. The molecule has 0 saturated carbocycles. The Kier molecular flexibility index (Phi) is 6.86. The molecule has 0 heterocycles. The first-order valence-corrected chi connectivity index (χ1v) is 6.81. The van der Waals surface area contributed by atoms with Crippen LogP contribution in [-0.2, 0) is 11.3 Å². The Morgan fingerprint density at radius 2 is 2.19 bits per heavy atom. The first kappa shape index (κ1) is 17.2. The Morgan fingerprint density at radius 3 is 2.71 bits per heavy atom. The van der Waals surface area contributed by atoms with Crippen molar-refractivity contribution in [3.63, 3.8) is 0 Å². The number of primary amides is 1. The van der Waals surface area contributed by atoms with Gasteiger partial charge in [-0.2, -0.15) is 0 Å². The number of amides is 1. The summed E-state index contributed by atoms with van der Waals surface area (Å²) in [5.74, 6) is 4.67. The molecule has 1 aromatic rings. The summed E-state index contributed by atoms with van der Waals surface area (Å²) in [6.45, 7) is 4.87. The number of aliphatic hydroxyl groups is 1. The summed E-state index contributed by atoms with van der Waals surface area (Å²) >= 11 is 0. The van der Waals surface area contributed by atoms with Gasteiger partial charge >= 0.3 is 0 Å². The molecule has 0 saturated heterocycles. The van der Waals surface area contributed by atoms with E-state index in [0.717, 1.165) is 0 Å². The molecule has 0 atom stereocenters. The molecule has 0 aromatic heterocycles. The number of hydrogen-bond acceptors (Lipinski definition) is 3. The van der Waals surface area contributed by atoms with Gasteiger partial charge in [-0.3, -0.25) is 9.69 Å². The minimum Gasteiger partial charge on any atom is -0.384 e. The van der Waals surface area contributed by atoms with Crippen LogP contribution in [0.1, 0.15) is 25.0 Å². The van der Waals surface area contributed by atoms with Gasteiger partial charge in [0, 0.05) is 24.2 Å². The van der Waals surface area contributed by atoms with E-state index < -0.39 is 5.91 Å². The largest absolute Gasteiger partial charge is 0.384 e. The molecule has 0 aliphatic rings. The third kappa shape index (κ3) is 6.39. The maximum absolute atomic E-state index is 14.0. The van der Waals surface area contributed by atoms with Crippen LogP contribution in [-0.4, -0.2) is 35.6 Å². The van der Waals surface area contributed by atoms with Crippen molar-refractivity contribution in [2.24, 2.45) is 11.7 Å². The molecule has 1 rings (SSSR count). The molecule has 0 bridgehead atoms. The molecular weight excluding hydrogens is 271 g/mol. The number of nitrogens with zero attached hydrogens (tertiary/aromatic N) is 1. The minimum absolute atomic E-state index is 0.101. The molecule has 21 heavy (non-hydrogen) atoms. The normalized spacial score (nSPS) is 10.6. The number of halogens is 1. The lowest BCUT2D eigenvalue weighted by Gasteiger charge is -2.23. The van der Waals surface area contributed by atoms with Gasteiger partial charge < -0.3 is 10.8 Å². The average Bonchev–Trinajstić information content (AvgIpc) is 2.37. The number of aliphatic hydroxyl groups excluding tert-OH is 1. The quantitative estimate of drug-likeness (QED) is 0.772. The SMILES string of the molecule is CC(C)CN(CC(N)=O)Cc1ccc(C#CCO)cc1F. The highest BCUT2D eigenvalue weighted by atomic mass is 19.1. The molecule has 0 fully saturated rings. The predicted molar refractivity (Wildman–Crippen MR) is 79.7 cm³/mol. The van der Waals surface area contributed by atoms with Crippen molar-refractivity contribution in [1.29, 1.82) is 0 Å². The fraction of sp³-hybridized carbons (Fsp3) is 0.438. The van der Waals surface area contributed by atoms with Gasteiger partial charge in [0.15, 0.2) is 0 Å². The standard InChI is InChI=1S/C16H21FN2O2/c1-12(2)9-19(11-16(18)21)10-14-6-5-13(4-3-7-20)8-15(14)17/h5-6,8,12,20H,7,9-11H2,1-2H3,(H2,18,21). The van der Waals surface area contributed by atoms with Crippen LogP contribution in [0.25, 0.3) is 0 Å². The highest BCUT2D eigenvalue weighted by molar-refractivity contribution is 5.75. The molecule has 114 valence electrons. The summed E-state index contributed by atoms with van der Waals surface area (Å²) in [5, 5.41) is 8.62. The van der Waals surface area contributed by atoms with Crippen LogP contribution in [0.5, 0.6) is 0 Å². The maximum atomic E-state index is 14.0. The molecule has 0 aliphatic heterocycles. The zero-order valence-electron chi connectivity index (χ0n) is 12.4. The fourth-order valence-corrected chi connectivity index (χ4v) is 2.06. The first-order valence-electron chi connectivity index (χ1n) is 6.81. The number of nitrogens with two attached hydrogens (primary N) is 1. The lowest BCUT2D eigenvalue weighted by Crippen LogP contribution is -2.36. The monoisotopic (exact) mass is 292 g/mol. The number of carbonyl (C=O) groups is 1. The van der Waals surface area contributed by atoms with E-state index in [4.69, 9.17) is 10.8 Å². The topological polar surface area (TPSA) is 66.6 Å². The molecule has 4 nitrogen and oxygen atoms in total. The zero-order valence-corrected chi connectivity index (χ0v) is 12.4. The summed E-state index contributed by atoms with van der Waals surface area (Å²) in [4.78, 5) is 12.9. The second-order valence-electron chi connectivity index (χ2n) is 5.30. The predicted octanol–water partition coefficient (Wildman–Crippen LogP) is 1.11. The van der Waals surface area contributed by atoms with Gasteiger partial charge in [-0.25, -0.2) is 4.39 Å². The lowest BCUT2D eigenvalue weighted by molar-refractivity contribution is -0.119. The second-order valence-corrected chi connectivity index (χ2v) is 5.30. The van der Waals surface area contributed by atoms with Crippen molar-refractivity contribution in [3.8, 4) is 11.8 Å². The average molecular weight is 292 g/mol. The Bertz CT molecular complexity index is 547. The van der Waals surface area contributed by atoms with Crippen molar-refractivity contribution in [2.45, 2.75) is 20.4 Å². The smallest absolute Gasteiger partial charge is 0.231 e. The third-order valence-corrected chi connectivity index (χ3v) is 2.76. The highest BCUT2D eigenvalue weighted by Gasteiger charge is 2.13. The van der Waals surface area contributed by atoms with Gasteiger partial charge in [0.2, 0.25) is 5.91 Å². The van der Waals surface area contributed by atoms with Gasteiger partial charge in [-0.05, 0) is 18.1 Å². The van der Waals surface area contributed by atoms with Crippen molar-refractivity contribution in [1.82, 2.24) is 4.90 Å². The second kappa shape index (κ2) is 8.40. The van der Waals surface area contributed by atoms with Crippen LogP contribution >= 0.6 is 0 Å². The Balaban J connectivity index is 2.85. The summed E-state index contributed by atoms with van der Waals surface area (Å²) < 4.78 is 14.0. The Morgan fingerprint density at radius 1 is 1.48 bits per heavy atom. The van der Waals surface area contributed by atoms with Crippen molar-refractivity contribution in [3.05, 3.63) is 35.1 Å². The Hall–Kier alpha value is -1.90. The van der Waals surface area contributed by atoms with E-state index in [9.17, 15) is 9.18 Å². The van der Waals surface area contributed by atoms with Crippen LogP contribution in [0, 0.1) is 23.6 Å². The van der Waals surface area contributed by atoms with Crippen molar-refractivity contribution < 1.29 is 14.3 Å².